The molecule has 0 N–H and O–H groups in total. The van der Waals surface area contributed by atoms with Gasteiger partial charge in [-0.05, 0) is 145 Å². The smallest absolute Gasteiger partial charge is 0.0540 e. The van der Waals surface area contributed by atoms with E-state index >= 15 is 0 Å². The van der Waals surface area contributed by atoms with Gasteiger partial charge in [-0.2, -0.15) is 0 Å². The molecule has 11 rings (SSSR count). The van der Waals surface area contributed by atoms with E-state index in [-0.39, 0.29) is 5.41 Å². The molecule has 0 heterocycles. The van der Waals surface area contributed by atoms with Crippen LogP contribution in [0.4, 0.5) is 17.1 Å². The minimum Gasteiger partial charge on any atom is -0.309 e. The lowest BCUT2D eigenvalue weighted by Gasteiger charge is -2.32. The minimum absolute atomic E-state index is 0.0747. The quantitative estimate of drug-likeness (QED) is 0.117. The molecule has 0 saturated carbocycles. The zero-order chi connectivity index (χ0) is 43.4. The zero-order valence-electron chi connectivity index (χ0n) is 37.6. The summed E-state index contributed by atoms with van der Waals surface area (Å²) in [5.41, 5.74) is 17.1. The number of unbranched alkanes of at least 4 members (excludes halogenated alkanes) is 2. The SMILES string of the molecule is CCCCC1(CCCC)c2ccccc2-c2cc(-c3c4ccccc4c(-c4ccc(N(c5ccc(C)c6ccccc56)c5ccc(C)c6ccccc56)cc4)c4ccccc34)ccc21. The molecule has 0 fully saturated rings. The third-order valence-corrected chi connectivity index (χ3v) is 14.5. The van der Waals surface area contributed by atoms with Crippen molar-refractivity contribution in [1.29, 1.82) is 0 Å². The first-order valence-electron chi connectivity index (χ1n) is 23.6. The maximum Gasteiger partial charge on any atom is 0.0540 e. The average molecular weight is 826 g/mol. The third-order valence-electron chi connectivity index (χ3n) is 14.5. The molecule has 0 amide bonds. The lowest BCUT2D eigenvalue weighted by Crippen LogP contribution is -2.25. The topological polar surface area (TPSA) is 3.24 Å². The van der Waals surface area contributed by atoms with E-state index in [1.165, 1.54) is 149 Å². The molecule has 312 valence electrons. The van der Waals surface area contributed by atoms with Gasteiger partial charge in [0.05, 0.1) is 11.4 Å². The van der Waals surface area contributed by atoms with E-state index in [0.717, 1.165) is 5.69 Å². The first kappa shape index (κ1) is 39.9. The highest BCUT2D eigenvalue weighted by Gasteiger charge is 2.42. The van der Waals surface area contributed by atoms with Crippen LogP contribution in [0.3, 0.4) is 0 Å². The second-order valence-corrected chi connectivity index (χ2v) is 18.2. The van der Waals surface area contributed by atoms with Crippen molar-refractivity contribution < 1.29 is 0 Å². The Morgan fingerprint density at radius 1 is 0.375 bits per heavy atom. The van der Waals surface area contributed by atoms with E-state index in [9.17, 15) is 0 Å². The monoisotopic (exact) mass is 825 g/mol. The van der Waals surface area contributed by atoms with Crippen molar-refractivity contribution in [3.05, 3.63) is 210 Å². The predicted octanol–water partition coefficient (Wildman–Crippen LogP) is 18.4. The molecule has 0 bridgehead atoms. The Morgan fingerprint density at radius 3 is 1.31 bits per heavy atom. The van der Waals surface area contributed by atoms with Crippen molar-refractivity contribution in [2.75, 3.05) is 4.90 Å². The number of nitrogens with zero attached hydrogens (tertiary/aromatic N) is 1. The highest BCUT2D eigenvalue weighted by Crippen LogP contribution is 2.56. The number of rotatable bonds is 11. The molecule has 10 aromatic carbocycles. The summed E-state index contributed by atoms with van der Waals surface area (Å²) in [6.45, 7) is 9.09. The number of fused-ring (bicyclic) bond motifs is 7. The number of hydrogen-bond acceptors (Lipinski definition) is 1. The van der Waals surface area contributed by atoms with Crippen molar-refractivity contribution in [3.63, 3.8) is 0 Å². The Morgan fingerprint density at radius 2 is 0.797 bits per heavy atom. The number of aryl methyl sites for hydroxylation is 2. The number of anilines is 3. The van der Waals surface area contributed by atoms with Crippen LogP contribution in [0.15, 0.2) is 188 Å². The normalized spacial score (nSPS) is 12.9. The van der Waals surface area contributed by atoms with Gasteiger partial charge in [0.25, 0.3) is 0 Å². The molecule has 64 heavy (non-hydrogen) atoms. The van der Waals surface area contributed by atoms with Crippen LogP contribution in [-0.2, 0) is 5.41 Å². The maximum absolute atomic E-state index is 2.54. The largest absolute Gasteiger partial charge is 0.309 e. The molecule has 0 aromatic heterocycles. The molecule has 0 radical (unpaired) electrons. The van der Waals surface area contributed by atoms with Crippen LogP contribution >= 0.6 is 0 Å². The molecule has 0 saturated heterocycles. The molecular formula is C63H55N. The molecule has 1 heteroatoms. The van der Waals surface area contributed by atoms with Crippen LogP contribution in [0, 0.1) is 13.8 Å². The maximum atomic E-state index is 2.54. The fraction of sp³-hybridized carbons (Fsp3) is 0.175. The van der Waals surface area contributed by atoms with Crippen molar-refractivity contribution in [2.45, 2.75) is 71.6 Å². The van der Waals surface area contributed by atoms with Gasteiger partial charge in [-0.15, -0.1) is 0 Å². The Kier molecular flexibility index (Phi) is 10.2. The standard InChI is InChI=1S/C63H55N/c1-5-7-39-63(40-8-6-2)57-28-18-17-21-49(57)56-41-45(33-36-58(56)63)62-54-26-15-13-24-52(54)61(53-25-14-16-27-55(53)62)44-31-34-46(35-32-44)64(59-37-29-42(3)47-19-9-11-22-50(47)59)60-38-30-43(4)48-20-10-12-23-51(48)60/h9-38,41H,5-8,39-40H2,1-4H3. The van der Waals surface area contributed by atoms with Crippen LogP contribution in [0.5, 0.6) is 0 Å². The molecule has 0 aliphatic heterocycles. The first-order valence-corrected chi connectivity index (χ1v) is 23.6. The van der Waals surface area contributed by atoms with Crippen molar-refractivity contribution in [1.82, 2.24) is 0 Å². The van der Waals surface area contributed by atoms with Crippen molar-refractivity contribution in [3.8, 4) is 33.4 Å². The van der Waals surface area contributed by atoms with Gasteiger partial charge in [0.1, 0.15) is 0 Å². The molecule has 1 aliphatic rings. The van der Waals surface area contributed by atoms with Gasteiger partial charge in [0.2, 0.25) is 0 Å². The van der Waals surface area contributed by atoms with Crippen LogP contribution in [0.25, 0.3) is 76.5 Å². The Balaban J connectivity index is 1.09. The van der Waals surface area contributed by atoms with Gasteiger partial charge in [-0.25, -0.2) is 0 Å². The van der Waals surface area contributed by atoms with E-state index in [1.807, 2.05) is 0 Å². The molecule has 0 spiro atoms. The van der Waals surface area contributed by atoms with E-state index < -0.39 is 0 Å². The van der Waals surface area contributed by atoms with E-state index in [1.54, 1.807) is 0 Å². The van der Waals surface area contributed by atoms with Gasteiger partial charge in [-0.3, -0.25) is 0 Å². The van der Waals surface area contributed by atoms with Gasteiger partial charge in [-0.1, -0.05) is 197 Å². The summed E-state index contributed by atoms with van der Waals surface area (Å²) < 4.78 is 0. The van der Waals surface area contributed by atoms with Gasteiger partial charge < -0.3 is 4.90 Å². The second-order valence-electron chi connectivity index (χ2n) is 18.2. The summed E-state index contributed by atoms with van der Waals surface area (Å²) in [4.78, 5) is 2.47. The average Bonchev–Trinajstić information content (AvgIpc) is 3.62. The van der Waals surface area contributed by atoms with E-state index in [0.29, 0.717) is 0 Å². The van der Waals surface area contributed by atoms with E-state index in [2.05, 4.69) is 221 Å². The molecular weight excluding hydrogens is 771 g/mol. The summed E-state index contributed by atoms with van der Waals surface area (Å²) >= 11 is 0. The summed E-state index contributed by atoms with van der Waals surface area (Å²) in [5, 5.41) is 10.2. The number of benzene rings is 10. The summed E-state index contributed by atoms with van der Waals surface area (Å²) in [6.07, 6.45) is 7.30. The minimum atomic E-state index is 0.0747. The molecule has 0 atom stereocenters. The van der Waals surface area contributed by atoms with Crippen LogP contribution in [0.2, 0.25) is 0 Å². The lowest BCUT2D eigenvalue weighted by molar-refractivity contribution is 0.414. The van der Waals surface area contributed by atoms with Crippen LogP contribution in [-0.4, -0.2) is 0 Å². The van der Waals surface area contributed by atoms with Gasteiger partial charge in [0, 0.05) is 21.9 Å². The van der Waals surface area contributed by atoms with Crippen LogP contribution < -0.4 is 4.90 Å². The van der Waals surface area contributed by atoms with Crippen molar-refractivity contribution in [2.24, 2.45) is 0 Å². The van der Waals surface area contributed by atoms with Gasteiger partial charge >= 0.3 is 0 Å². The lowest BCUT2D eigenvalue weighted by atomic mass is 9.71. The highest BCUT2D eigenvalue weighted by molar-refractivity contribution is 6.21. The molecule has 0 unspecified atom stereocenters. The van der Waals surface area contributed by atoms with Gasteiger partial charge in [0.15, 0.2) is 0 Å². The first-order chi connectivity index (χ1) is 31.5. The second kappa shape index (κ2) is 16.3. The summed E-state index contributed by atoms with van der Waals surface area (Å²) in [5.74, 6) is 0. The fourth-order valence-corrected chi connectivity index (χ4v) is 11.4. The highest BCUT2D eigenvalue weighted by atomic mass is 15.1. The molecule has 10 aromatic rings. The third kappa shape index (κ3) is 6.35. The Hall–Kier alpha value is -6.96. The summed E-state index contributed by atoms with van der Waals surface area (Å²) in [7, 11) is 0. The molecule has 1 nitrogen and oxygen atoms in total. The molecule has 1 aliphatic carbocycles. The zero-order valence-corrected chi connectivity index (χ0v) is 37.6. The number of hydrogen-bond donors (Lipinski definition) is 0. The predicted molar refractivity (Wildman–Crippen MR) is 277 cm³/mol. The Bertz CT molecular complexity index is 3240. The summed E-state index contributed by atoms with van der Waals surface area (Å²) in [6, 6.07) is 71.1. The van der Waals surface area contributed by atoms with E-state index in [4.69, 9.17) is 0 Å². The van der Waals surface area contributed by atoms with Crippen LogP contribution in [0.1, 0.15) is 74.6 Å². The Labute approximate surface area is 378 Å². The fourth-order valence-electron chi connectivity index (χ4n) is 11.4. The van der Waals surface area contributed by atoms with Crippen molar-refractivity contribution >= 4 is 60.2 Å².